The van der Waals surface area contributed by atoms with E-state index in [0.29, 0.717) is 5.70 Å². The monoisotopic (exact) mass is 264 g/mol. The van der Waals surface area contributed by atoms with Crippen molar-refractivity contribution >= 4 is 6.09 Å². The Hall–Kier alpha value is -1.71. The normalized spacial score (nSPS) is 16.2. The molecule has 1 amide bonds. The van der Waals surface area contributed by atoms with Crippen molar-refractivity contribution in [1.82, 2.24) is 10.2 Å². The summed E-state index contributed by atoms with van der Waals surface area (Å²) in [6.45, 7) is 15.6. The van der Waals surface area contributed by atoms with Gasteiger partial charge in [-0.1, -0.05) is 6.58 Å². The van der Waals surface area contributed by atoms with Crippen molar-refractivity contribution in [3.05, 3.63) is 35.8 Å². The molecule has 19 heavy (non-hydrogen) atoms. The average molecular weight is 264 g/mol. The molecule has 1 heterocycles. The van der Waals surface area contributed by atoms with Crippen molar-refractivity contribution in [2.75, 3.05) is 0 Å². The topological polar surface area (TPSA) is 41.6 Å². The summed E-state index contributed by atoms with van der Waals surface area (Å²) in [6, 6.07) is 0.285. The van der Waals surface area contributed by atoms with E-state index >= 15 is 0 Å². The quantitative estimate of drug-likeness (QED) is 0.829. The molecule has 0 saturated carbocycles. The molecular formula is C15H24N2O2. The summed E-state index contributed by atoms with van der Waals surface area (Å²) in [5.41, 5.74) is 1.95. The lowest BCUT2D eigenvalue weighted by Crippen LogP contribution is -2.37. The molecule has 1 rings (SSSR count). The van der Waals surface area contributed by atoms with Crippen molar-refractivity contribution < 1.29 is 9.53 Å². The molecule has 0 aromatic carbocycles. The molecule has 0 atom stereocenters. The molecule has 0 spiro atoms. The van der Waals surface area contributed by atoms with Crippen molar-refractivity contribution in [3.8, 4) is 0 Å². The van der Waals surface area contributed by atoms with E-state index in [1.165, 1.54) is 0 Å². The third-order valence-corrected chi connectivity index (χ3v) is 2.66. The predicted octanol–water partition coefficient (Wildman–Crippen LogP) is 3.54. The van der Waals surface area contributed by atoms with E-state index in [0.717, 1.165) is 11.3 Å². The van der Waals surface area contributed by atoms with E-state index in [-0.39, 0.29) is 6.04 Å². The fourth-order valence-electron chi connectivity index (χ4n) is 1.78. The number of allylic oxidation sites excluding steroid dienone is 2. The number of nitrogens with zero attached hydrogens (tertiary/aromatic N) is 1. The third kappa shape index (κ3) is 4.16. The van der Waals surface area contributed by atoms with Crippen LogP contribution >= 0.6 is 0 Å². The van der Waals surface area contributed by atoms with Gasteiger partial charge in [-0.05, 0) is 53.2 Å². The molecule has 0 aliphatic carbocycles. The van der Waals surface area contributed by atoms with Crippen molar-refractivity contribution in [1.29, 1.82) is 0 Å². The van der Waals surface area contributed by atoms with Gasteiger partial charge in [0.25, 0.3) is 0 Å². The van der Waals surface area contributed by atoms with Crippen LogP contribution in [0.15, 0.2) is 35.8 Å². The Balaban J connectivity index is 2.84. The second-order valence-electron chi connectivity index (χ2n) is 5.95. The maximum Gasteiger partial charge on any atom is 0.412 e. The standard InChI is InChI=1S/C15H24N2O2/c1-10(2)17-9-8-11(3)13(12(17)4)16-14(18)19-15(5,6)7/h8-10H,4H2,1-3,5-7H3,(H,16,18). The maximum absolute atomic E-state index is 11.8. The summed E-state index contributed by atoms with van der Waals surface area (Å²) in [5, 5.41) is 2.79. The number of carbonyl (C=O) groups excluding carboxylic acids is 1. The van der Waals surface area contributed by atoms with Crippen LogP contribution in [0.5, 0.6) is 0 Å². The second-order valence-corrected chi connectivity index (χ2v) is 5.95. The smallest absolute Gasteiger partial charge is 0.412 e. The number of carbonyl (C=O) groups is 1. The molecule has 4 nitrogen and oxygen atoms in total. The first-order valence-corrected chi connectivity index (χ1v) is 6.48. The zero-order valence-electron chi connectivity index (χ0n) is 12.7. The van der Waals surface area contributed by atoms with Crippen LogP contribution in [-0.2, 0) is 4.74 Å². The lowest BCUT2D eigenvalue weighted by Gasteiger charge is -2.32. The zero-order chi connectivity index (χ0) is 14.8. The molecule has 0 aromatic rings. The molecule has 0 aromatic heterocycles. The highest BCUT2D eigenvalue weighted by atomic mass is 16.6. The van der Waals surface area contributed by atoms with Gasteiger partial charge in [0, 0.05) is 12.2 Å². The molecule has 0 fully saturated rings. The second kappa shape index (κ2) is 5.51. The van der Waals surface area contributed by atoms with Crippen LogP contribution in [0.2, 0.25) is 0 Å². The van der Waals surface area contributed by atoms with Gasteiger partial charge < -0.3 is 9.64 Å². The van der Waals surface area contributed by atoms with E-state index in [1.807, 2.05) is 44.9 Å². The minimum Gasteiger partial charge on any atom is -0.444 e. The van der Waals surface area contributed by atoms with Crippen molar-refractivity contribution in [2.45, 2.75) is 53.2 Å². The Morgan fingerprint density at radius 1 is 1.42 bits per heavy atom. The molecule has 4 heteroatoms. The van der Waals surface area contributed by atoms with Crippen molar-refractivity contribution in [2.24, 2.45) is 0 Å². The Morgan fingerprint density at radius 3 is 2.47 bits per heavy atom. The van der Waals surface area contributed by atoms with Gasteiger partial charge in [-0.25, -0.2) is 4.79 Å². The van der Waals surface area contributed by atoms with Crippen molar-refractivity contribution in [3.63, 3.8) is 0 Å². The first kappa shape index (κ1) is 15.3. The van der Waals surface area contributed by atoms with Gasteiger partial charge in [0.2, 0.25) is 0 Å². The molecule has 0 bridgehead atoms. The lowest BCUT2D eigenvalue weighted by molar-refractivity contribution is 0.0544. The number of alkyl carbamates (subject to hydrolysis) is 1. The van der Waals surface area contributed by atoms with Crippen LogP contribution in [0.1, 0.15) is 41.5 Å². The van der Waals surface area contributed by atoms with Gasteiger partial charge in [-0.2, -0.15) is 0 Å². The summed E-state index contributed by atoms with van der Waals surface area (Å²) in [4.78, 5) is 13.9. The summed E-state index contributed by atoms with van der Waals surface area (Å²) in [5.74, 6) is 0. The van der Waals surface area contributed by atoms with Gasteiger partial charge >= 0.3 is 6.09 Å². The first-order chi connectivity index (χ1) is 8.61. The Labute approximate surface area is 115 Å². The van der Waals surface area contributed by atoms with Gasteiger partial charge in [-0.15, -0.1) is 0 Å². The molecule has 1 aliphatic heterocycles. The predicted molar refractivity (Wildman–Crippen MR) is 77.3 cm³/mol. The van der Waals surface area contributed by atoms with Crippen LogP contribution < -0.4 is 5.32 Å². The van der Waals surface area contributed by atoms with Gasteiger partial charge in [0.05, 0.1) is 11.4 Å². The summed E-state index contributed by atoms with van der Waals surface area (Å²) in [6.07, 6.45) is 3.48. The Morgan fingerprint density at radius 2 is 2.00 bits per heavy atom. The van der Waals surface area contributed by atoms with Gasteiger partial charge in [0.15, 0.2) is 0 Å². The summed E-state index contributed by atoms with van der Waals surface area (Å²) in [7, 11) is 0. The van der Waals surface area contributed by atoms with Crippen LogP contribution in [-0.4, -0.2) is 22.6 Å². The van der Waals surface area contributed by atoms with Crippen LogP contribution in [0.25, 0.3) is 0 Å². The van der Waals surface area contributed by atoms with E-state index in [2.05, 4.69) is 25.7 Å². The number of hydrogen-bond donors (Lipinski definition) is 1. The number of amides is 1. The zero-order valence-corrected chi connectivity index (χ0v) is 12.7. The number of hydrogen-bond acceptors (Lipinski definition) is 3. The molecular weight excluding hydrogens is 240 g/mol. The summed E-state index contributed by atoms with van der Waals surface area (Å²) < 4.78 is 5.26. The fraction of sp³-hybridized carbons (Fsp3) is 0.533. The first-order valence-electron chi connectivity index (χ1n) is 6.48. The minimum atomic E-state index is -0.512. The largest absolute Gasteiger partial charge is 0.444 e. The molecule has 1 aliphatic rings. The number of rotatable bonds is 2. The van der Waals surface area contributed by atoms with Gasteiger partial charge in [-0.3, -0.25) is 5.32 Å². The van der Waals surface area contributed by atoms with Crippen LogP contribution in [0, 0.1) is 0 Å². The van der Waals surface area contributed by atoms with Crippen LogP contribution in [0.4, 0.5) is 4.79 Å². The minimum absolute atomic E-state index is 0.285. The van der Waals surface area contributed by atoms with Gasteiger partial charge in [0.1, 0.15) is 5.60 Å². The highest BCUT2D eigenvalue weighted by Gasteiger charge is 2.22. The molecule has 0 saturated heterocycles. The molecule has 106 valence electrons. The molecule has 1 N–H and O–H groups in total. The van der Waals surface area contributed by atoms with E-state index in [9.17, 15) is 4.79 Å². The summed E-state index contributed by atoms with van der Waals surface area (Å²) >= 11 is 0. The van der Waals surface area contributed by atoms with E-state index in [4.69, 9.17) is 4.74 Å². The maximum atomic E-state index is 11.8. The van der Waals surface area contributed by atoms with Crippen LogP contribution in [0.3, 0.4) is 0 Å². The highest BCUT2D eigenvalue weighted by molar-refractivity contribution is 5.72. The third-order valence-electron chi connectivity index (χ3n) is 2.66. The van der Waals surface area contributed by atoms with E-state index < -0.39 is 11.7 Å². The fourth-order valence-corrected chi connectivity index (χ4v) is 1.78. The number of ether oxygens (including phenoxy) is 1. The average Bonchev–Trinajstić information content (AvgIpc) is 2.21. The Bertz CT molecular complexity index is 440. The lowest BCUT2D eigenvalue weighted by atomic mass is 10.1. The highest BCUT2D eigenvalue weighted by Crippen LogP contribution is 2.24. The van der Waals surface area contributed by atoms with E-state index in [1.54, 1.807) is 0 Å². The number of nitrogens with one attached hydrogen (secondary N) is 1. The SMILES string of the molecule is C=C1C(NC(=O)OC(C)(C)C)=C(C)C=CN1C(C)C. The molecule has 0 radical (unpaired) electrons. The molecule has 0 unspecified atom stereocenters. The Kier molecular flexibility index (Phi) is 4.45.